The van der Waals surface area contributed by atoms with Crippen molar-refractivity contribution in [2.45, 2.75) is 19.5 Å². The number of aromatic nitrogens is 2. The van der Waals surface area contributed by atoms with E-state index in [1.807, 2.05) is 19.3 Å². The summed E-state index contributed by atoms with van der Waals surface area (Å²) in [7, 11) is 3.61. The van der Waals surface area contributed by atoms with Gasteiger partial charge in [0, 0.05) is 19.8 Å². The molecule has 1 aromatic rings. The second-order valence-corrected chi connectivity index (χ2v) is 3.41. The molecule has 0 spiro atoms. The van der Waals surface area contributed by atoms with Gasteiger partial charge in [-0.2, -0.15) is 5.10 Å². The van der Waals surface area contributed by atoms with Gasteiger partial charge in [-0.15, -0.1) is 0 Å². The molecule has 0 radical (unpaired) electrons. The minimum atomic E-state index is -0.816. The highest BCUT2D eigenvalue weighted by Gasteiger charge is 2.17. The van der Waals surface area contributed by atoms with E-state index in [1.165, 1.54) is 0 Å². The Morgan fingerprint density at radius 2 is 2.43 bits per heavy atom. The van der Waals surface area contributed by atoms with Crippen LogP contribution in [-0.2, 0) is 18.4 Å². The first-order valence-corrected chi connectivity index (χ1v) is 4.42. The highest BCUT2D eigenvalue weighted by atomic mass is 16.4. The third-order valence-electron chi connectivity index (χ3n) is 2.20. The van der Waals surface area contributed by atoms with E-state index in [9.17, 15) is 4.79 Å². The smallest absolute Gasteiger partial charge is 0.320 e. The van der Waals surface area contributed by atoms with E-state index in [2.05, 4.69) is 5.10 Å². The zero-order valence-corrected chi connectivity index (χ0v) is 8.64. The molecule has 78 valence electrons. The van der Waals surface area contributed by atoms with Crippen LogP contribution in [0.5, 0.6) is 0 Å². The van der Waals surface area contributed by atoms with Gasteiger partial charge in [-0.3, -0.25) is 14.4 Å². The number of rotatable bonds is 4. The van der Waals surface area contributed by atoms with E-state index in [4.69, 9.17) is 5.11 Å². The fourth-order valence-corrected chi connectivity index (χ4v) is 1.13. The second kappa shape index (κ2) is 4.23. The first-order chi connectivity index (χ1) is 6.50. The zero-order valence-electron chi connectivity index (χ0n) is 8.64. The molecule has 5 heteroatoms. The first-order valence-electron chi connectivity index (χ1n) is 4.42. The van der Waals surface area contributed by atoms with Crippen LogP contribution in [0.2, 0.25) is 0 Å². The Bertz CT molecular complexity index is 322. The van der Waals surface area contributed by atoms with Gasteiger partial charge in [0.15, 0.2) is 0 Å². The van der Waals surface area contributed by atoms with E-state index in [-0.39, 0.29) is 0 Å². The quantitative estimate of drug-likeness (QED) is 0.755. The van der Waals surface area contributed by atoms with Crippen molar-refractivity contribution in [2.24, 2.45) is 7.05 Å². The van der Waals surface area contributed by atoms with Crippen molar-refractivity contribution in [3.63, 3.8) is 0 Å². The highest BCUT2D eigenvalue weighted by Crippen LogP contribution is 2.03. The van der Waals surface area contributed by atoms with Crippen molar-refractivity contribution in [2.75, 3.05) is 7.05 Å². The van der Waals surface area contributed by atoms with Crippen LogP contribution in [0.15, 0.2) is 12.3 Å². The van der Waals surface area contributed by atoms with Crippen LogP contribution >= 0.6 is 0 Å². The van der Waals surface area contributed by atoms with Crippen LogP contribution in [0.1, 0.15) is 12.6 Å². The molecule has 0 aliphatic carbocycles. The molecule has 0 aliphatic rings. The summed E-state index contributed by atoms with van der Waals surface area (Å²) < 4.78 is 1.70. The van der Waals surface area contributed by atoms with Crippen molar-refractivity contribution in [1.29, 1.82) is 0 Å². The monoisotopic (exact) mass is 197 g/mol. The Morgan fingerprint density at radius 3 is 2.86 bits per heavy atom. The molecule has 5 nitrogen and oxygen atoms in total. The number of likely N-dealkylation sites (N-methyl/N-ethyl adjacent to an activating group) is 1. The Labute approximate surface area is 82.9 Å². The van der Waals surface area contributed by atoms with E-state index < -0.39 is 12.0 Å². The number of hydrogen-bond donors (Lipinski definition) is 1. The molecule has 0 aromatic carbocycles. The molecular weight excluding hydrogens is 182 g/mol. The summed E-state index contributed by atoms with van der Waals surface area (Å²) >= 11 is 0. The molecule has 1 rings (SSSR count). The summed E-state index contributed by atoms with van der Waals surface area (Å²) in [5, 5.41) is 12.9. The van der Waals surface area contributed by atoms with E-state index in [0.717, 1.165) is 5.69 Å². The molecule has 0 aliphatic heterocycles. The van der Waals surface area contributed by atoms with Crippen LogP contribution in [0.4, 0.5) is 0 Å². The van der Waals surface area contributed by atoms with Gasteiger partial charge >= 0.3 is 5.97 Å². The van der Waals surface area contributed by atoms with E-state index in [1.54, 1.807) is 23.6 Å². The van der Waals surface area contributed by atoms with E-state index >= 15 is 0 Å². The summed E-state index contributed by atoms with van der Waals surface area (Å²) in [6, 6.07) is 1.39. The molecule has 1 heterocycles. The fraction of sp³-hybridized carbons (Fsp3) is 0.556. The molecule has 0 bridgehead atoms. The maximum Gasteiger partial charge on any atom is 0.320 e. The predicted molar refractivity (Wildman–Crippen MR) is 51.8 cm³/mol. The van der Waals surface area contributed by atoms with Gasteiger partial charge in [-0.25, -0.2) is 0 Å². The molecule has 1 atom stereocenters. The van der Waals surface area contributed by atoms with Gasteiger partial charge in [0.2, 0.25) is 0 Å². The molecule has 0 saturated carbocycles. The van der Waals surface area contributed by atoms with Crippen LogP contribution in [0, 0.1) is 0 Å². The van der Waals surface area contributed by atoms with Gasteiger partial charge in [-0.1, -0.05) is 0 Å². The average molecular weight is 197 g/mol. The van der Waals surface area contributed by atoms with Gasteiger partial charge in [0.1, 0.15) is 6.04 Å². The normalized spacial score (nSPS) is 13.1. The third-order valence-corrected chi connectivity index (χ3v) is 2.20. The topological polar surface area (TPSA) is 58.4 Å². The lowest BCUT2D eigenvalue weighted by Crippen LogP contribution is -2.35. The number of carbonyl (C=O) groups is 1. The number of aliphatic carboxylic acids is 1. The highest BCUT2D eigenvalue weighted by molar-refractivity contribution is 5.72. The summed E-state index contributed by atoms with van der Waals surface area (Å²) in [6.45, 7) is 2.21. The van der Waals surface area contributed by atoms with Gasteiger partial charge in [0.05, 0.1) is 5.69 Å². The maximum atomic E-state index is 10.7. The molecule has 1 aromatic heterocycles. The number of aryl methyl sites for hydroxylation is 1. The van der Waals surface area contributed by atoms with Gasteiger partial charge in [0.25, 0.3) is 0 Å². The Kier molecular flexibility index (Phi) is 3.24. The van der Waals surface area contributed by atoms with Gasteiger partial charge < -0.3 is 5.11 Å². The Balaban J connectivity index is 2.56. The molecule has 14 heavy (non-hydrogen) atoms. The van der Waals surface area contributed by atoms with Crippen LogP contribution < -0.4 is 0 Å². The SMILES string of the molecule is CC(C(=O)O)N(C)Cc1ccn(C)n1. The molecule has 0 fully saturated rings. The largest absolute Gasteiger partial charge is 0.480 e. The number of carboxylic acid groups (broad SMARTS) is 1. The molecule has 0 saturated heterocycles. The summed E-state index contributed by atoms with van der Waals surface area (Å²) in [4.78, 5) is 12.4. The van der Waals surface area contributed by atoms with Crippen LogP contribution in [0.3, 0.4) is 0 Å². The van der Waals surface area contributed by atoms with Crippen molar-refractivity contribution < 1.29 is 9.90 Å². The van der Waals surface area contributed by atoms with Crippen molar-refractivity contribution in [3.05, 3.63) is 18.0 Å². The zero-order chi connectivity index (χ0) is 10.7. The van der Waals surface area contributed by atoms with Crippen molar-refractivity contribution in [1.82, 2.24) is 14.7 Å². The minimum absolute atomic E-state index is 0.489. The average Bonchev–Trinajstić information content (AvgIpc) is 2.49. The lowest BCUT2D eigenvalue weighted by atomic mass is 10.3. The maximum absolute atomic E-state index is 10.7. The van der Waals surface area contributed by atoms with Crippen molar-refractivity contribution in [3.8, 4) is 0 Å². The van der Waals surface area contributed by atoms with Gasteiger partial charge in [-0.05, 0) is 20.0 Å². The lowest BCUT2D eigenvalue weighted by Gasteiger charge is -2.19. The Hall–Kier alpha value is -1.36. The predicted octanol–water partition coefficient (Wildman–Crippen LogP) is 0.325. The number of carboxylic acids is 1. The first kappa shape index (κ1) is 10.7. The summed E-state index contributed by atoms with van der Waals surface area (Å²) in [5.41, 5.74) is 0.878. The molecule has 1 unspecified atom stereocenters. The molecular formula is C9H15N3O2. The summed E-state index contributed by atoms with van der Waals surface area (Å²) in [5.74, 6) is -0.816. The minimum Gasteiger partial charge on any atom is -0.480 e. The summed E-state index contributed by atoms with van der Waals surface area (Å²) in [6.07, 6.45) is 1.84. The molecule has 0 amide bonds. The number of nitrogens with zero attached hydrogens (tertiary/aromatic N) is 3. The van der Waals surface area contributed by atoms with E-state index in [0.29, 0.717) is 6.54 Å². The van der Waals surface area contributed by atoms with Crippen molar-refractivity contribution >= 4 is 5.97 Å². The lowest BCUT2D eigenvalue weighted by molar-refractivity contribution is -0.142. The van der Waals surface area contributed by atoms with Crippen LogP contribution in [-0.4, -0.2) is 38.8 Å². The Morgan fingerprint density at radius 1 is 1.79 bits per heavy atom. The standard InChI is InChI=1S/C9H15N3O2/c1-7(9(13)14)11(2)6-8-4-5-12(3)10-8/h4-5,7H,6H2,1-3H3,(H,13,14). The molecule has 1 N–H and O–H groups in total. The fourth-order valence-electron chi connectivity index (χ4n) is 1.13. The van der Waals surface area contributed by atoms with Crippen LogP contribution in [0.25, 0.3) is 0 Å². The third kappa shape index (κ3) is 2.56. The second-order valence-electron chi connectivity index (χ2n) is 3.41. The number of hydrogen-bond acceptors (Lipinski definition) is 3.